The van der Waals surface area contributed by atoms with E-state index in [0.717, 1.165) is 17.4 Å². The smallest absolute Gasteiger partial charge is 0.311 e. The van der Waals surface area contributed by atoms with Gasteiger partial charge in [-0.05, 0) is 49.2 Å². The lowest BCUT2D eigenvalue weighted by Crippen LogP contribution is -1.95. The third-order valence-electron chi connectivity index (χ3n) is 2.91. The summed E-state index contributed by atoms with van der Waals surface area (Å²) in [7, 11) is 0. The maximum Gasteiger partial charge on any atom is 0.311 e. The fourth-order valence-corrected chi connectivity index (χ4v) is 1.83. The number of carbonyl (C=O) groups excluding carboxylic acids is 1. The molecular weight excluding hydrogens is 258 g/mol. The highest BCUT2D eigenvalue weighted by Gasteiger charge is 2.16. The number of ether oxygens (including phenoxy) is 1. The first kappa shape index (κ1) is 13.7. The summed E-state index contributed by atoms with van der Waals surface area (Å²) in [5.74, 6) is 0.638. The molecule has 5 heteroatoms. The van der Waals surface area contributed by atoms with E-state index in [1.807, 2.05) is 0 Å². The zero-order valence-corrected chi connectivity index (χ0v) is 11.1. The van der Waals surface area contributed by atoms with E-state index in [9.17, 15) is 14.9 Å². The molecule has 0 aliphatic heterocycles. The van der Waals surface area contributed by atoms with Gasteiger partial charge in [0.2, 0.25) is 5.75 Å². The van der Waals surface area contributed by atoms with E-state index in [0.29, 0.717) is 11.3 Å². The van der Waals surface area contributed by atoms with Crippen LogP contribution in [-0.2, 0) is 0 Å². The van der Waals surface area contributed by atoms with Gasteiger partial charge < -0.3 is 4.74 Å². The molecule has 0 aliphatic carbocycles. The average molecular weight is 271 g/mol. The number of nitro benzene ring substituents is 1. The molecule has 0 fully saturated rings. The number of aryl methyl sites for hydroxylation is 2. The number of hydrogen-bond acceptors (Lipinski definition) is 4. The maximum absolute atomic E-state index is 11.0. The summed E-state index contributed by atoms with van der Waals surface area (Å²) in [4.78, 5) is 21.3. The molecule has 0 N–H and O–H groups in total. The lowest BCUT2D eigenvalue weighted by atomic mass is 10.1. The molecule has 102 valence electrons. The van der Waals surface area contributed by atoms with E-state index in [1.54, 1.807) is 44.2 Å². The first-order chi connectivity index (χ1) is 9.51. The van der Waals surface area contributed by atoms with Crippen LogP contribution in [0.3, 0.4) is 0 Å². The number of nitro groups is 1. The molecule has 2 aromatic rings. The molecule has 0 saturated carbocycles. The number of hydrogen-bond donors (Lipinski definition) is 0. The Bertz CT molecular complexity index is 680. The van der Waals surface area contributed by atoms with Gasteiger partial charge >= 0.3 is 5.69 Å². The van der Waals surface area contributed by atoms with Crippen molar-refractivity contribution < 1.29 is 14.5 Å². The van der Waals surface area contributed by atoms with Crippen LogP contribution in [0.2, 0.25) is 0 Å². The lowest BCUT2D eigenvalue weighted by Gasteiger charge is -2.08. The number of aldehydes is 1. The van der Waals surface area contributed by atoms with Crippen molar-refractivity contribution in [2.75, 3.05) is 0 Å². The molecule has 0 bridgehead atoms. The normalized spacial score (nSPS) is 10.1. The Labute approximate surface area is 116 Å². The Morgan fingerprint density at radius 1 is 1.15 bits per heavy atom. The van der Waals surface area contributed by atoms with E-state index in [4.69, 9.17) is 4.74 Å². The van der Waals surface area contributed by atoms with E-state index >= 15 is 0 Å². The molecule has 2 rings (SSSR count). The molecule has 0 amide bonds. The van der Waals surface area contributed by atoms with E-state index in [2.05, 4.69) is 0 Å². The monoisotopic (exact) mass is 271 g/mol. The summed E-state index contributed by atoms with van der Waals surface area (Å²) in [5, 5.41) is 11.0. The standard InChI is InChI=1S/C15H13NO4/c1-10-3-6-15(14(7-10)16(18)19)20-13-5-4-12(9-17)11(2)8-13/h3-9H,1-2H3. The van der Waals surface area contributed by atoms with Crippen molar-refractivity contribution in [1.29, 1.82) is 0 Å². The first-order valence-electron chi connectivity index (χ1n) is 6.00. The van der Waals surface area contributed by atoms with Crippen molar-refractivity contribution in [1.82, 2.24) is 0 Å². The zero-order chi connectivity index (χ0) is 14.7. The molecule has 0 atom stereocenters. The van der Waals surface area contributed by atoms with Gasteiger partial charge in [0.05, 0.1) is 4.92 Å². The Morgan fingerprint density at radius 2 is 1.90 bits per heavy atom. The van der Waals surface area contributed by atoms with Gasteiger partial charge in [0.25, 0.3) is 0 Å². The summed E-state index contributed by atoms with van der Waals surface area (Å²) in [6.45, 7) is 3.56. The fraction of sp³-hybridized carbons (Fsp3) is 0.133. The molecule has 0 heterocycles. The predicted octanol–water partition coefficient (Wildman–Crippen LogP) is 3.82. The molecule has 0 saturated heterocycles. The number of carbonyl (C=O) groups is 1. The minimum absolute atomic E-state index is 0.0814. The van der Waals surface area contributed by atoms with Crippen LogP contribution >= 0.6 is 0 Å². The van der Waals surface area contributed by atoms with Gasteiger partial charge in [-0.25, -0.2) is 0 Å². The summed E-state index contributed by atoms with van der Waals surface area (Å²) in [6.07, 6.45) is 0.757. The molecule has 20 heavy (non-hydrogen) atoms. The maximum atomic E-state index is 11.0. The number of nitrogens with zero attached hydrogens (tertiary/aromatic N) is 1. The predicted molar refractivity (Wildman–Crippen MR) is 74.5 cm³/mol. The van der Waals surface area contributed by atoms with Crippen molar-refractivity contribution in [2.45, 2.75) is 13.8 Å². The minimum Gasteiger partial charge on any atom is -0.450 e. The van der Waals surface area contributed by atoms with Gasteiger partial charge in [-0.1, -0.05) is 6.07 Å². The van der Waals surface area contributed by atoms with Crippen LogP contribution in [-0.4, -0.2) is 11.2 Å². The van der Waals surface area contributed by atoms with Crippen molar-refractivity contribution >= 4 is 12.0 Å². The van der Waals surface area contributed by atoms with E-state index in [-0.39, 0.29) is 11.4 Å². The largest absolute Gasteiger partial charge is 0.450 e. The van der Waals surface area contributed by atoms with E-state index < -0.39 is 4.92 Å². The van der Waals surface area contributed by atoms with Crippen LogP contribution in [0.15, 0.2) is 36.4 Å². The van der Waals surface area contributed by atoms with Crippen molar-refractivity contribution in [3.8, 4) is 11.5 Å². The number of rotatable bonds is 4. The summed E-state index contributed by atoms with van der Waals surface area (Å²) in [5.41, 5.74) is 2.03. The van der Waals surface area contributed by atoms with E-state index in [1.165, 1.54) is 6.07 Å². The Hall–Kier alpha value is -2.69. The second-order valence-electron chi connectivity index (χ2n) is 4.47. The second-order valence-corrected chi connectivity index (χ2v) is 4.47. The molecule has 0 radical (unpaired) electrons. The van der Waals surface area contributed by atoms with Crippen molar-refractivity contribution in [3.63, 3.8) is 0 Å². The van der Waals surface area contributed by atoms with Gasteiger partial charge in [0.15, 0.2) is 0 Å². The third-order valence-corrected chi connectivity index (χ3v) is 2.91. The first-order valence-corrected chi connectivity index (χ1v) is 6.00. The van der Waals surface area contributed by atoms with Crippen molar-refractivity contribution in [2.24, 2.45) is 0 Å². The molecule has 0 spiro atoms. The van der Waals surface area contributed by atoms with Crippen LogP contribution in [0.4, 0.5) is 5.69 Å². The zero-order valence-electron chi connectivity index (χ0n) is 11.1. The van der Waals surface area contributed by atoms with Gasteiger partial charge in [0, 0.05) is 11.6 Å². The number of benzene rings is 2. The van der Waals surface area contributed by atoms with Crippen LogP contribution < -0.4 is 4.74 Å². The molecule has 0 aliphatic rings. The van der Waals surface area contributed by atoms with Crippen LogP contribution in [0.1, 0.15) is 21.5 Å². The Kier molecular flexibility index (Phi) is 3.79. The molecule has 2 aromatic carbocycles. The molecule has 0 unspecified atom stereocenters. The molecule has 5 nitrogen and oxygen atoms in total. The SMILES string of the molecule is Cc1ccc(Oc2ccc(C=O)c(C)c2)c([N+](=O)[O-])c1. The Balaban J connectivity index is 2.37. The average Bonchev–Trinajstić information content (AvgIpc) is 2.41. The summed E-state index contributed by atoms with van der Waals surface area (Å²) < 4.78 is 5.55. The van der Waals surface area contributed by atoms with Gasteiger partial charge in [0.1, 0.15) is 12.0 Å². The highest BCUT2D eigenvalue weighted by molar-refractivity contribution is 5.77. The summed E-state index contributed by atoms with van der Waals surface area (Å²) >= 11 is 0. The highest BCUT2D eigenvalue weighted by atomic mass is 16.6. The van der Waals surface area contributed by atoms with Crippen LogP contribution in [0, 0.1) is 24.0 Å². The minimum atomic E-state index is -0.477. The highest BCUT2D eigenvalue weighted by Crippen LogP contribution is 2.32. The van der Waals surface area contributed by atoms with Crippen LogP contribution in [0.25, 0.3) is 0 Å². The van der Waals surface area contributed by atoms with Crippen LogP contribution in [0.5, 0.6) is 11.5 Å². The van der Waals surface area contributed by atoms with Gasteiger partial charge in [-0.3, -0.25) is 14.9 Å². The van der Waals surface area contributed by atoms with Gasteiger partial charge in [-0.15, -0.1) is 0 Å². The fourth-order valence-electron chi connectivity index (χ4n) is 1.83. The lowest BCUT2D eigenvalue weighted by molar-refractivity contribution is -0.385. The topological polar surface area (TPSA) is 69.4 Å². The quantitative estimate of drug-likeness (QED) is 0.481. The summed E-state index contributed by atoms with van der Waals surface area (Å²) in [6, 6.07) is 9.68. The second kappa shape index (κ2) is 5.52. The molecule has 0 aromatic heterocycles. The Morgan fingerprint density at radius 3 is 2.50 bits per heavy atom. The van der Waals surface area contributed by atoms with Crippen molar-refractivity contribution in [3.05, 3.63) is 63.2 Å². The van der Waals surface area contributed by atoms with Gasteiger partial charge in [-0.2, -0.15) is 0 Å². The third kappa shape index (κ3) is 2.83. The molecular formula is C15H13NO4.